The van der Waals surface area contributed by atoms with Crippen molar-refractivity contribution in [2.45, 2.75) is 25.8 Å². The van der Waals surface area contributed by atoms with Crippen LogP contribution < -0.4 is 5.32 Å². The van der Waals surface area contributed by atoms with E-state index < -0.39 is 0 Å². The van der Waals surface area contributed by atoms with Gasteiger partial charge in [0.15, 0.2) is 0 Å². The van der Waals surface area contributed by atoms with Crippen molar-refractivity contribution in [3.05, 3.63) is 35.4 Å². The van der Waals surface area contributed by atoms with Crippen LogP contribution in [0.15, 0.2) is 24.3 Å². The van der Waals surface area contributed by atoms with Crippen molar-refractivity contribution in [3.63, 3.8) is 0 Å². The zero-order chi connectivity index (χ0) is 12.5. The van der Waals surface area contributed by atoms with E-state index in [-0.39, 0.29) is 5.92 Å². The molecule has 1 heterocycles. The zero-order valence-electron chi connectivity index (χ0n) is 10.9. The van der Waals surface area contributed by atoms with Crippen LogP contribution in [0, 0.1) is 5.92 Å². The van der Waals surface area contributed by atoms with Gasteiger partial charge in [-0.25, -0.2) is 0 Å². The summed E-state index contributed by atoms with van der Waals surface area (Å²) in [4.78, 5) is 14.6. The lowest BCUT2D eigenvalue weighted by Crippen LogP contribution is -2.59. The highest BCUT2D eigenvalue weighted by Crippen LogP contribution is 2.28. The number of likely N-dealkylation sites (N-methyl/N-ethyl adjacent to an activating group) is 1. The lowest BCUT2D eigenvalue weighted by Gasteiger charge is -2.39. The third-order valence-electron chi connectivity index (χ3n) is 4.22. The van der Waals surface area contributed by atoms with Crippen LogP contribution in [-0.4, -0.2) is 36.5 Å². The number of carbonyl (C=O) groups excluding carboxylic acids is 1. The number of rotatable bonds is 3. The van der Waals surface area contributed by atoms with Gasteiger partial charge in [-0.2, -0.15) is 0 Å². The highest BCUT2D eigenvalue weighted by molar-refractivity contribution is 5.81. The molecule has 0 atom stereocenters. The molecule has 3 nitrogen and oxygen atoms in total. The zero-order valence-corrected chi connectivity index (χ0v) is 10.9. The highest BCUT2D eigenvalue weighted by atomic mass is 16.2. The summed E-state index contributed by atoms with van der Waals surface area (Å²) in [6, 6.07) is 8.87. The van der Waals surface area contributed by atoms with E-state index in [1.165, 1.54) is 11.1 Å². The first kappa shape index (κ1) is 11.7. The molecule has 1 aromatic rings. The topological polar surface area (TPSA) is 32.3 Å². The SMILES string of the molecule is CCN(C(=O)C1Cc2ccccc2C1)C1CNC1. The first-order valence-electron chi connectivity index (χ1n) is 6.87. The fourth-order valence-electron chi connectivity index (χ4n) is 3.06. The summed E-state index contributed by atoms with van der Waals surface area (Å²) in [5.41, 5.74) is 2.72. The first-order valence-corrected chi connectivity index (χ1v) is 6.87. The maximum Gasteiger partial charge on any atom is 0.226 e. The van der Waals surface area contributed by atoms with Crippen LogP contribution in [-0.2, 0) is 17.6 Å². The Hall–Kier alpha value is -1.35. The Labute approximate surface area is 108 Å². The van der Waals surface area contributed by atoms with Gasteiger partial charge in [0, 0.05) is 25.6 Å². The number of hydrogen-bond donors (Lipinski definition) is 1. The van der Waals surface area contributed by atoms with E-state index in [1.807, 2.05) is 0 Å². The van der Waals surface area contributed by atoms with E-state index in [9.17, 15) is 4.79 Å². The molecule has 0 spiro atoms. The lowest BCUT2D eigenvalue weighted by atomic mass is 10.0. The molecule has 1 aromatic carbocycles. The molecule has 1 N–H and O–H groups in total. The smallest absolute Gasteiger partial charge is 0.226 e. The van der Waals surface area contributed by atoms with Crippen LogP contribution in [0.25, 0.3) is 0 Å². The maximum absolute atomic E-state index is 12.6. The van der Waals surface area contributed by atoms with Crippen LogP contribution in [0.5, 0.6) is 0 Å². The monoisotopic (exact) mass is 244 g/mol. The van der Waals surface area contributed by atoms with Crippen LogP contribution in [0.1, 0.15) is 18.1 Å². The number of nitrogens with one attached hydrogen (secondary N) is 1. The van der Waals surface area contributed by atoms with Crippen molar-refractivity contribution in [2.75, 3.05) is 19.6 Å². The van der Waals surface area contributed by atoms with Crippen LogP contribution in [0.4, 0.5) is 0 Å². The van der Waals surface area contributed by atoms with E-state index in [4.69, 9.17) is 0 Å². The molecule has 1 amide bonds. The molecule has 0 saturated carbocycles. The van der Waals surface area contributed by atoms with Gasteiger partial charge in [0.2, 0.25) is 5.91 Å². The molecule has 1 fully saturated rings. The van der Waals surface area contributed by atoms with E-state index in [0.29, 0.717) is 11.9 Å². The van der Waals surface area contributed by atoms with Crippen molar-refractivity contribution in [1.82, 2.24) is 10.2 Å². The summed E-state index contributed by atoms with van der Waals surface area (Å²) in [6.07, 6.45) is 1.84. The van der Waals surface area contributed by atoms with Gasteiger partial charge in [-0.1, -0.05) is 24.3 Å². The second-order valence-corrected chi connectivity index (χ2v) is 5.31. The first-order chi connectivity index (χ1) is 8.79. The molecule has 1 aliphatic heterocycles. The van der Waals surface area contributed by atoms with Gasteiger partial charge in [0.25, 0.3) is 0 Å². The Balaban J connectivity index is 1.71. The average molecular weight is 244 g/mol. The Morgan fingerprint density at radius 3 is 2.33 bits per heavy atom. The summed E-state index contributed by atoms with van der Waals surface area (Å²) < 4.78 is 0. The van der Waals surface area contributed by atoms with Crippen molar-refractivity contribution < 1.29 is 4.79 Å². The van der Waals surface area contributed by atoms with Gasteiger partial charge in [0.1, 0.15) is 0 Å². The second kappa shape index (κ2) is 4.73. The summed E-state index contributed by atoms with van der Waals surface area (Å²) >= 11 is 0. The Morgan fingerprint density at radius 2 is 1.89 bits per heavy atom. The summed E-state index contributed by atoms with van der Waals surface area (Å²) in [5.74, 6) is 0.517. The van der Waals surface area contributed by atoms with Gasteiger partial charge >= 0.3 is 0 Å². The number of amides is 1. The highest BCUT2D eigenvalue weighted by Gasteiger charge is 2.34. The van der Waals surface area contributed by atoms with Crippen molar-refractivity contribution >= 4 is 5.91 Å². The molecule has 0 bridgehead atoms. The molecule has 3 rings (SSSR count). The maximum atomic E-state index is 12.6. The largest absolute Gasteiger partial charge is 0.337 e. The Kier molecular flexibility index (Phi) is 3.08. The predicted molar refractivity (Wildman–Crippen MR) is 71.4 cm³/mol. The van der Waals surface area contributed by atoms with Crippen molar-refractivity contribution in [1.29, 1.82) is 0 Å². The number of nitrogens with zero attached hydrogens (tertiary/aromatic N) is 1. The second-order valence-electron chi connectivity index (χ2n) is 5.31. The van der Waals surface area contributed by atoms with E-state index in [0.717, 1.165) is 32.5 Å². The molecule has 2 aliphatic rings. The number of carbonyl (C=O) groups is 1. The number of benzene rings is 1. The third-order valence-corrected chi connectivity index (χ3v) is 4.22. The van der Waals surface area contributed by atoms with Crippen LogP contribution in [0.3, 0.4) is 0 Å². The van der Waals surface area contributed by atoms with Gasteiger partial charge < -0.3 is 10.2 Å². The summed E-state index contributed by atoms with van der Waals surface area (Å²) in [6.45, 7) is 4.83. The molecule has 96 valence electrons. The fraction of sp³-hybridized carbons (Fsp3) is 0.533. The Morgan fingerprint density at radius 1 is 1.28 bits per heavy atom. The van der Waals surface area contributed by atoms with E-state index >= 15 is 0 Å². The fourth-order valence-corrected chi connectivity index (χ4v) is 3.06. The average Bonchev–Trinajstić information content (AvgIpc) is 2.76. The van der Waals surface area contributed by atoms with Gasteiger partial charge in [0.05, 0.1) is 6.04 Å². The summed E-state index contributed by atoms with van der Waals surface area (Å²) in [5, 5.41) is 3.24. The molecule has 1 saturated heterocycles. The molecule has 0 unspecified atom stereocenters. The minimum Gasteiger partial charge on any atom is -0.337 e. The molecule has 18 heavy (non-hydrogen) atoms. The quantitative estimate of drug-likeness (QED) is 0.867. The van der Waals surface area contributed by atoms with Gasteiger partial charge in [-0.05, 0) is 30.9 Å². The van der Waals surface area contributed by atoms with E-state index in [1.54, 1.807) is 0 Å². The molecular formula is C15H20N2O. The van der Waals surface area contributed by atoms with Crippen LogP contribution in [0.2, 0.25) is 0 Å². The predicted octanol–water partition coefficient (Wildman–Crippen LogP) is 1.22. The minimum atomic E-state index is 0.169. The summed E-state index contributed by atoms with van der Waals surface area (Å²) in [7, 11) is 0. The van der Waals surface area contributed by atoms with Crippen molar-refractivity contribution in [2.24, 2.45) is 5.92 Å². The molecule has 0 radical (unpaired) electrons. The minimum absolute atomic E-state index is 0.169. The Bertz CT molecular complexity index is 429. The lowest BCUT2D eigenvalue weighted by molar-refractivity contribution is -0.138. The standard InChI is InChI=1S/C15H20N2O/c1-2-17(14-9-16-10-14)15(18)13-7-11-5-3-4-6-12(11)8-13/h3-6,13-14,16H,2,7-10H2,1H3. The van der Waals surface area contributed by atoms with Crippen molar-refractivity contribution in [3.8, 4) is 0 Å². The van der Waals surface area contributed by atoms with Crippen LogP contribution >= 0.6 is 0 Å². The molecule has 0 aromatic heterocycles. The molecular weight excluding hydrogens is 224 g/mol. The van der Waals surface area contributed by atoms with Gasteiger partial charge in [-0.3, -0.25) is 4.79 Å². The number of fused-ring (bicyclic) bond motifs is 1. The normalized spacial score (nSPS) is 19.4. The molecule has 3 heteroatoms. The molecule has 1 aliphatic carbocycles. The number of hydrogen-bond acceptors (Lipinski definition) is 2. The van der Waals surface area contributed by atoms with Gasteiger partial charge in [-0.15, -0.1) is 0 Å². The third kappa shape index (κ3) is 1.93. The van der Waals surface area contributed by atoms with E-state index in [2.05, 4.69) is 41.4 Å².